The molecule has 2 heterocycles. The van der Waals surface area contributed by atoms with Crippen molar-refractivity contribution >= 4 is 56.2 Å². The second-order valence-electron chi connectivity index (χ2n) is 7.76. The fourth-order valence-corrected chi connectivity index (χ4v) is 6.33. The minimum Gasteiger partial charge on any atom is -0.319 e. The van der Waals surface area contributed by atoms with Crippen molar-refractivity contribution in [3.63, 3.8) is 0 Å². The minimum atomic E-state index is -3.81. The van der Waals surface area contributed by atoms with Gasteiger partial charge in [-0.1, -0.05) is 37.7 Å². The molecule has 0 radical (unpaired) electrons. The average Bonchev–Trinajstić information content (AvgIpc) is 2.99. The summed E-state index contributed by atoms with van der Waals surface area (Å²) in [5, 5.41) is 6.42. The highest BCUT2D eigenvalue weighted by molar-refractivity contribution is 8.00. The Labute approximate surface area is 196 Å². The number of imidazole rings is 1. The van der Waals surface area contributed by atoms with Crippen molar-refractivity contribution in [1.82, 2.24) is 9.55 Å². The van der Waals surface area contributed by atoms with E-state index in [1.807, 2.05) is 39.4 Å². The number of fused-ring (bicyclic) bond motifs is 2. The first-order chi connectivity index (χ1) is 15.3. The topological polar surface area (TPSA) is 98.3 Å². The summed E-state index contributed by atoms with van der Waals surface area (Å²) in [6.07, 6.45) is 1.82. The molecule has 1 aliphatic rings. The van der Waals surface area contributed by atoms with Gasteiger partial charge >= 0.3 is 0 Å². The molecule has 0 saturated carbocycles. The first-order valence-electron chi connectivity index (χ1n) is 10.5. The van der Waals surface area contributed by atoms with E-state index in [1.54, 1.807) is 6.07 Å². The van der Waals surface area contributed by atoms with E-state index in [-0.39, 0.29) is 16.6 Å². The van der Waals surface area contributed by atoms with Crippen molar-refractivity contribution in [1.29, 1.82) is 0 Å². The normalized spacial score (nSPS) is 16.7. The van der Waals surface area contributed by atoms with Crippen LogP contribution in [0.3, 0.4) is 0 Å². The Hall–Kier alpha value is -2.01. The molecule has 1 aliphatic heterocycles. The Balaban J connectivity index is 1.60. The number of aryl methyl sites for hydroxylation is 1. The van der Waals surface area contributed by atoms with E-state index in [1.165, 1.54) is 23.9 Å². The Morgan fingerprint density at radius 1 is 1.28 bits per heavy atom. The average molecular weight is 491 g/mol. The molecule has 0 spiro atoms. The third-order valence-electron chi connectivity index (χ3n) is 5.33. The van der Waals surface area contributed by atoms with Crippen LogP contribution in [0.4, 0.5) is 5.69 Å². The summed E-state index contributed by atoms with van der Waals surface area (Å²) in [4.78, 5) is 20.9. The number of hydrogen-bond acceptors (Lipinski definition) is 6. The number of carbonyl (C=O) groups is 1. The van der Waals surface area contributed by atoms with E-state index in [0.717, 1.165) is 35.5 Å². The summed E-state index contributed by atoms with van der Waals surface area (Å²) in [5.41, 5.74) is 2.36. The molecular weight excluding hydrogens is 464 g/mol. The monoisotopic (exact) mass is 490 g/mol. The van der Waals surface area contributed by atoms with Gasteiger partial charge in [0.1, 0.15) is 0 Å². The Bertz CT molecular complexity index is 1260. The molecule has 1 atom stereocenters. The molecule has 0 aliphatic carbocycles. The summed E-state index contributed by atoms with van der Waals surface area (Å²) in [6.45, 7) is 5.67. The maximum absolute atomic E-state index is 13.2. The van der Waals surface area contributed by atoms with Crippen LogP contribution in [0.25, 0.3) is 11.0 Å². The number of thioether (sulfide) groups is 2. The number of amides is 1. The summed E-state index contributed by atoms with van der Waals surface area (Å²) < 4.78 is 25.5. The number of nitrogens with two attached hydrogens (primary N) is 1. The molecule has 1 aromatic heterocycles. The zero-order valence-corrected chi connectivity index (χ0v) is 20.5. The Morgan fingerprint density at radius 2 is 2.06 bits per heavy atom. The molecule has 170 valence electrons. The molecule has 0 saturated heterocycles. The molecule has 0 fully saturated rings. The lowest BCUT2D eigenvalue weighted by molar-refractivity contribution is -0.116. The van der Waals surface area contributed by atoms with Crippen LogP contribution in [0, 0.1) is 0 Å². The fraction of sp³-hybridized carbons (Fsp3) is 0.364. The lowest BCUT2D eigenvalue weighted by atomic mass is 10.2. The van der Waals surface area contributed by atoms with E-state index in [4.69, 9.17) is 5.14 Å². The van der Waals surface area contributed by atoms with Crippen molar-refractivity contribution in [2.24, 2.45) is 5.14 Å². The quantitative estimate of drug-likeness (QED) is 0.522. The second-order valence-corrected chi connectivity index (χ2v) is 11.7. The van der Waals surface area contributed by atoms with Gasteiger partial charge in [-0.25, -0.2) is 18.5 Å². The van der Waals surface area contributed by atoms with Crippen molar-refractivity contribution in [2.45, 2.75) is 53.4 Å². The number of primary sulfonamides is 1. The molecular formula is C22H26N4O3S3. The number of anilines is 1. The Morgan fingerprint density at radius 3 is 2.81 bits per heavy atom. The van der Waals surface area contributed by atoms with Crippen molar-refractivity contribution in [3.05, 3.63) is 42.5 Å². The van der Waals surface area contributed by atoms with Gasteiger partial charge in [-0.2, -0.15) is 0 Å². The van der Waals surface area contributed by atoms with E-state index in [9.17, 15) is 13.2 Å². The van der Waals surface area contributed by atoms with Gasteiger partial charge in [0, 0.05) is 23.2 Å². The number of rotatable bonds is 6. The van der Waals surface area contributed by atoms with Crippen molar-refractivity contribution in [2.75, 3.05) is 17.2 Å². The van der Waals surface area contributed by atoms with Gasteiger partial charge in [0.25, 0.3) is 0 Å². The molecule has 4 rings (SSSR count). The molecule has 1 amide bonds. The predicted molar refractivity (Wildman–Crippen MR) is 131 cm³/mol. The molecule has 0 unspecified atom stereocenters. The number of carbonyl (C=O) groups excluding carboxylic acids is 1. The van der Waals surface area contributed by atoms with Gasteiger partial charge in [-0.05, 0) is 43.2 Å². The number of sulfonamides is 1. The predicted octanol–water partition coefficient (Wildman–Crippen LogP) is 4.10. The summed E-state index contributed by atoms with van der Waals surface area (Å²) >= 11 is 3.19. The largest absolute Gasteiger partial charge is 0.319 e. The summed E-state index contributed by atoms with van der Waals surface area (Å²) in [6, 6.07) is 12.8. The highest BCUT2D eigenvalue weighted by Gasteiger charge is 2.25. The van der Waals surface area contributed by atoms with Gasteiger partial charge < -0.3 is 9.47 Å². The standard InChI is InChI=1S/C22H26N4O3S3/c1-3-11-26-18-9-8-16(32(23,28)29)13-17(18)24-22(26)30-14-21(27)25-12-10-15(2)31-20-7-5-4-6-19(20)25/h4-9,13,15H,3,10-12,14H2,1-2H3,(H2,23,28,29)/t15-/m1/s1. The van der Waals surface area contributed by atoms with Gasteiger partial charge in [-0.15, -0.1) is 11.8 Å². The zero-order chi connectivity index (χ0) is 22.9. The maximum Gasteiger partial charge on any atom is 0.238 e. The minimum absolute atomic E-state index is 0.0339. The van der Waals surface area contributed by atoms with Crippen LogP contribution >= 0.6 is 23.5 Å². The summed E-state index contributed by atoms with van der Waals surface area (Å²) in [7, 11) is -3.81. The van der Waals surface area contributed by atoms with Crippen molar-refractivity contribution in [3.8, 4) is 0 Å². The van der Waals surface area contributed by atoms with Crippen LogP contribution in [-0.4, -0.2) is 41.4 Å². The summed E-state index contributed by atoms with van der Waals surface area (Å²) in [5.74, 6) is 0.292. The van der Waals surface area contributed by atoms with Crippen LogP contribution in [0.2, 0.25) is 0 Å². The van der Waals surface area contributed by atoms with E-state index < -0.39 is 10.0 Å². The molecule has 10 heteroatoms. The number of hydrogen-bond donors (Lipinski definition) is 1. The van der Waals surface area contributed by atoms with E-state index >= 15 is 0 Å². The highest BCUT2D eigenvalue weighted by atomic mass is 32.2. The fourth-order valence-electron chi connectivity index (χ4n) is 3.76. The Kier molecular flexibility index (Phi) is 6.85. The van der Waals surface area contributed by atoms with E-state index in [0.29, 0.717) is 22.5 Å². The first-order valence-corrected chi connectivity index (χ1v) is 13.9. The molecule has 2 aromatic carbocycles. The zero-order valence-electron chi connectivity index (χ0n) is 18.0. The van der Waals surface area contributed by atoms with Gasteiger partial charge in [-0.3, -0.25) is 4.79 Å². The lowest BCUT2D eigenvalue weighted by Crippen LogP contribution is -2.33. The number of nitrogens with zero attached hydrogens (tertiary/aromatic N) is 3. The first kappa shape index (κ1) is 23.2. The van der Waals surface area contributed by atoms with Gasteiger partial charge in [0.2, 0.25) is 15.9 Å². The molecule has 2 N–H and O–H groups in total. The highest BCUT2D eigenvalue weighted by Crippen LogP contribution is 2.37. The number of para-hydroxylation sites is 1. The molecule has 3 aromatic rings. The molecule has 32 heavy (non-hydrogen) atoms. The maximum atomic E-state index is 13.2. The van der Waals surface area contributed by atoms with Crippen LogP contribution in [-0.2, 0) is 21.4 Å². The van der Waals surface area contributed by atoms with Crippen LogP contribution in [0.1, 0.15) is 26.7 Å². The van der Waals surface area contributed by atoms with Gasteiger partial charge in [0.05, 0.1) is 27.4 Å². The van der Waals surface area contributed by atoms with Crippen molar-refractivity contribution < 1.29 is 13.2 Å². The number of aromatic nitrogens is 2. The lowest BCUT2D eigenvalue weighted by Gasteiger charge is -2.22. The third-order valence-corrected chi connectivity index (χ3v) is 8.44. The molecule has 7 nitrogen and oxygen atoms in total. The third kappa shape index (κ3) is 4.83. The smallest absolute Gasteiger partial charge is 0.238 e. The number of benzene rings is 2. The second kappa shape index (κ2) is 9.46. The van der Waals surface area contributed by atoms with Crippen LogP contribution in [0.15, 0.2) is 57.4 Å². The van der Waals surface area contributed by atoms with Gasteiger partial charge in [0.15, 0.2) is 5.16 Å². The van der Waals surface area contributed by atoms with Crippen LogP contribution < -0.4 is 10.0 Å². The van der Waals surface area contributed by atoms with E-state index in [2.05, 4.69) is 24.9 Å². The van der Waals surface area contributed by atoms with Crippen LogP contribution in [0.5, 0.6) is 0 Å². The SMILES string of the molecule is CCCn1c(SCC(=O)N2CC[C@@H](C)Sc3ccccc32)nc2cc(S(N)(=O)=O)ccc21. The molecule has 0 bridgehead atoms.